The van der Waals surface area contributed by atoms with Crippen LogP contribution in [0.1, 0.15) is 18.9 Å². The lowest BCUT2D eigenvalue weighted by molar-refractivity contribution is 0.254. The normalized spacial score (nSPS) is 15.5. The molecule has 0 bridgehead atoms. The van der Waals surface area contributed by atoms with Gasteiger partial charge in [-0.3, -0.25) is 4.90 Å². The fraction of sp³-hybridized carbons (Fsp3) is 0.476. The van der Waals surface area contributed by atoms with E-state index in [-0.39, 0.29) is 0 Å². The Balaban J connectivity index is 1.35. The van der Waals surface area contributed by atoms with Crippen LogP contribution in [0, 0.1) is 0 Å². The number of piperazine rings is 1. The average Bonchev–Trinajstić information content (AvgIpc) is 2.76. The van der Waals surface area contributed by atoms with Gasteiger partial charge in [-0.05, 0) is 31.5 Å². The molecular weight excluding hydrogens is 350 g/mol. The molecule has 0 radical (unpaired) electrons. The number of guanidine groups is 1. The Morgan fingerprint density at radius 2 is 1.75 bits per heavy atom. The second-order valence-corrected chi connectivity index (χ2v) is 6.84. The van der Waals surface area contributed by atoms with Crippen LogP contribution < -0.4 is 15.5 Å². The summed E-state index contributed by atoms with van der Waals surface area (Å²) in [7, 11) is 0. The van der Waals surface area contributed by atoms with Crippen LogP contribution in [-0.2, 0) is 6.54 Å². The number of benzene rings is 1. The summed E-state index contributed by atoms with van der Waals surface area (Å²) < 4.78 is 0. The third kappa shape index (κ3) is 6.49. The Hall–Kier alpha value is -2.67. The van der Waals surface area contributed by atoms with Crippen LogP contribution in [-0.4, -0.2) is 66.6 Å². The van der Waals surface area contributed by atoms with Crippen molar-refractivity contribution in [3.8, 4) is 0 Å². The van der Waals surface area contributed by atoms with Crippen molar-refractivity contribution >= 4 is 11.9 Å². The number of nitrogens with one attached hydrogen (secondary N) is 2. The second kappa shape index (κ2) is 11.2. The molecule has 2 N–H and O–H groups in total. The van der Waals surface area contributed by atoms with Crippen LogP contribution in [0.3, 0.4) is 0 Å². The van der Waals surface area contributed by atoms with Crippen molar-refractivity contribution in [2.24, 2.45) is 4.99 Å². The largest absolute Gasteiger partial charge is 0.357 e. The van der Waals surface area contributed by atoms with Crippen molar-refractivity contribution in [1.29, 1.82) is 0 Å². The number of hydrogen-bond donors (Lipinski definition) is 2. The molecule has 7 nitrogen and oxygen atoms in total. The standard InChI is InChI=1S/C21H31N7/c1-2-22-20(26-18-19-8-4-3-5-9-19)23-12-7-13-27-14-16-28(17-15-27)21-24-10-6-11-25-21/h3-6,8-11H,2,7,12-18H2,1H3,(H2,22,23,26). The van der Waals surface area contributed by atoms with Crippen LogP contribution in [0.15, 0.2) is 53.8 Å². The van der Waals surface area contributed by atoms with Crippen molar-refractivity contribution in [2.45, 2.75) is 19.9 Å². The predicted molar refractivity (Wildman–Crippen MR) is 115 cm³/mol. The van der Waals surface area contributed by atoms with E-state index in [1.54, 1.807) is 0 Å². The van der Waals surface area contributed by atoms with Gasteiger partial charge in [0.05, 0.1) is 6.54 Å². The van der Waals surface area contributed by atoms with Gasteiger partial charge < -0.3 is 15.5 Å². The number of aliphatic imine (C=N–C) groups is 1. The SMILES string of the molecule is CCNC(=NCc1ccccc1)NCCCN1CCN(c2ncccn2)CC1. The van der Waals surface area contributed by atoms with Gasteiger partial charge in [0.1, 0.15) is 0 Å². The van der Waals surface area contributed by atoms with Crippen LogP contribution in [0.5, 0.6) is 0 Å². The highest BCUT2D eigenvalue weighted by Crippen LogP contribution is 2.09. The van der Waals surface area contributed by atoms with Gasteiger partial charge in [-0.15, -0.1) is 0 Å². The van der Waals surface area contributed by atoms with Crippen LogP contribution in [0.2, 0.25) is 0 Å². The van der Waals surface area contributed by atoms with Gasteiger partial charge in [0.2, 0.25) is 5.95 Å². The Labute approximate surface area is 167 Å². The molecule has 2 heterocycles. The lowest BCUT2D eigenvalue weighted by Crippen LogP contribution is -2.47. The van der Waals surface area contributed by atoms with Crippen LogP contribution in [0.25, 0.3) is 0 Å². The van der Waals surface area contributed by atoms with Crippen molar-refractivity contribution in [1.82, 2.24) is 25.5 Å². The summed E-state index contributed by atoms with van der Waals surface area (Å²) >= 11 is 0. The minimum absolute atomic E-state index is 0.694. The average molecular weight is 382 g/mol. The Bertz CT molecular complexity index is 697. The van der Waals surface area contributed by atoms with E-state index in [2.05, 4.69) is 66.6 Å². The molecule has 3 rings (SSSR count). The molecule has 0 aliphatic carbocycles. The monoisotopic (exact) mass is 381 g/mol. The summed E-state index contributed by atoms with van der Waals surface area (Å²) in [4.78, 5) is 18.1. The molecule has 0 unspecified atom stereocenters. The smallest absolute Gasteiger partial charge is 0.225 e. The van der Waals surface area contributed by atoms with Crippen molar-refractivity contribution in [3.63, 3.8) is 0 Å². The first-order chi connectivity index (χ1) is 13.8. The van der Waals surface area contributed by atoms with E-state index in [4.69, 9.17) is 0 Å². The van der Waals surface area contributed by atoms with E-state index in [0.717, 1.165) is 64.1 Å². The lowest BCUT2D eigenvalue weighted by atomic mass is 10.2. The summed E-state index contributed by atoms with van der Waals surface area (Å²) in [5.41, 5.74) is 1.22. The molecule has 150 valence electrons. The first-order valence-corrected chi connectivity index (χ1v) is 10.2. The first-order valence-electron chi connectivity index (χ1n) is 10.2. The fourth-order valence-electron chi connectivity index (χ4n) is 3.23. The number of aromatic nitrogens is 2. The summed E-state index contributed by atoms with van der Waals surface area (Å²) in [5.74, 6) is 1.73. The number of nitrogens with zero attached hydrogens (tertiary/aromatic N) is 5. The molecule has 1 saturated heterocycles. The van der Waals surface area contributed by atoms with E-state index in [9.17, 15) is 0 Å². The topological polar surface area (TPSA) is 68.7 Å². The molecule has 0 saturated carbocycles. The Morgan fingerprint density at radius 3 is 2.46 bits per heavy atom. The molecule has 28 heavy (non-hydrogen) atoms. The fourth-order valence-corrected chi connectivity index (χ4v) is 3.23. The summed E-state index contributed by atoms with van der Waals surface area (Å²) in [6.45, 7) is 9.74. The quantitative estimate of drug-likeness (QED) is 0.412. The van der Waals surface area contributed by atoms with Gasteiger partial charge in [-0.25, -0.2) is 15.0 Å². The number of anilines is 1. The maximum absolute atomic E-state index is 4.67. The first kappa shape index (κ1) is 20.1. The van der Waals surface area contributed by atoms with E-state index in [1.165, 1.54) is 5.56 Å². The highest BCUT2D eigenvalue weighted by Gasteiger charge is 2.18. The molecular formula is C21H31N7. The minimum Gasteiger partial charge on any atom is -0.357 e. The Morgan fingerprint density at radius 1 is 1.00 bits per heavy atom. The maximum atomic E-state index is 4.67. The van der Waals surface area contributed by atoms with Crippen molar-refractivity contribution in [3.05, 3.63) is 54.4 Å². The molecule has 0 amide bonds. The van der Waals surface area contributed by atoms with Crippen molar-refractivity contribution in [2.75, 3.05) is 50.7 Å². The molecule has 0 spiro atoms. The molecule has 1 aromatic carbocycles. The van der Waals surface area contributed by atoms with Gasteiger partial charge in [-0.1, -0.05) is 30.3 Å². The number of rotatable bonds is 8. The van der Waals surface area contributed by atoms with Crippen LogP contribution in [0.4, 0.5) is 5.95 Å². The van der Waals surface area contributed by atoms with Gasteiger partial charge in [0.15, 0.2) is 5.96 Å². The molecule has 0 atom stereocenters. The van der Waals surface area contributed by atoms with Gasteiger partial charge in [0.25, 0.3) is 0 Å². The molecule has 1 aliphatic heterocycles. The molecule has 2 aromatic rings. The highest BCUT2D eigenvalue weighted by molar-refractivity contribution is 5.79. The second-order valence-electron chi connectivity index (χ2n) is 6.84. The van der Waals surface area contributed by atoms with Crippen LogP contribution >= 0.6 is 0 Å². The highest BCUT2D eigenvalue weighted by atomic mass is 15.3. The molecule has 1 fully saturated rings. The molecule has 1 aromatic heterocycles. The zero-order chi connectivity index (χ0) is 19.4. The van der Waals surface area contributed by atoms with E-state index >= 15 is 0 Å². The molecule has 1 aliphatic rings. The minimum atomic E-state index is 0.694. The van der Waals surface area contributed by atoms with Gasteiger partial charge in [-0.2, -0.15) is 0 Å². The molecule has 7 heteroatoms. The summed E-state index contributed by atoms with van der Waals surface area (Å²) in [5, 5.41) is 6.77. The maximum Gasteiger partial charge on any atom is 0.225 e. The number of hydrogen-bond acceptors (Lipinski definition) is 5. The summed E-state index contributed by atoms with van der Waals surface area (Å²) in [6.07, 6.45) is 4.71. The zero-order valence-corrected chi connectivity index (χ0v) is 16.7. The van der Waals surface area contributed by atoms with E-state index in [1.807, 2.05) is 24.5 Å². The summed E-state index contributed by atoms with van der Waals surface area (Å²) in [6, 6.07) is 12.2. The predicted octanol–water partition coefficient (Wildman–Crippen LogP) is 1.74. The zero-order valence-electron chi connectivity index (χ0n) is 16.7. The van der Waals surface area contributed by atoms with Gasteiger partial charge >= 0.3 is 0 Å². The lowest BCUT2D eigenvalue weighted by Gasteiger charge is -2.34. The third-order valence-electron chi connectivity index (χ3n) is 4.76. The van der Waals surface area contributed by atoms with Gasteiger partial charge in [0, 0.05) is 51.7 Å². The van der Waals surface area contributed by atoms with Crippen molar-refractivity contribution < 1.29 is 0 Å². The van der Waals surface area contributed by atoms with E-state index < -0.39 is 0 Å². The Kier molecular flexibility index (Phi) is 8.06. The van der Waals surface area contributed by atoms with E-state index in [0.29, 0.717) is 6.54 Å². The third-order valence-corrected chi connectivity index (χ3v) is 4.76.